The first-order valence-electron chi connectivity index (χ1n) is 5.65. The first kappa shape index (κ1) is 13.8. The molecule has 0 amide bonds. The fraction of sp³-hybridized carbons (Fsp3) is 0.364. The first-order valence-corrected chi connectivity index (χ1v) is 6.44. The highest BCUT2D eigenvalue weighted by Crippen LogP contribution is 2.32. The zero-order valence-electron chi connectivity index (χ0n) is 9.88. The lowest BCUT2D eigenvalue weighted by Crippen LogP contribution is -2.55. The van der Waals surface area contributed by atoms with Crippen LogP contribution in [0.15, 0.2) is 22.7 Å². The van der Waals surface area contributed by atoms with Gasteiger partial charge in [-0.25, -0.2) is 4.79 Å². The van der Waals surface area contributed by atoms with Crippen LogP contribution < -0.4 is 10.2 Å². The van der Waals surface area contributed by atoms with Gasteiger partial charge in [0.25, 0.3) is 5.69 Å². The number of carboxylic acid groups (broad SMARTS) is 1. The van der Waals surface area contributed by atoms with Gasteiger partial charge in [-0.2, -0.15) is 0 Å². The van der Waals surface area contributed by atoms with E-state index in [2.05, 4.69) is 21.2 Å². The molecule has 1 aliphatic rings. The maximum atomic E-state index is 11.2. The summed E-state index contributed by atoms with van der Waals surface area (Å²) in [5.41, 5.74) is 0.240. The predicted octanol–water partition coefficient (Wildman–Crippen LogP) is 1.22. The molecule has 1 aromatic rings. The van der Waals surface area contributed by atoms with Crippen molar-refractivity contribution in [2.45, 2.75) is 6.04 Å². The first-order chi connectivity index (χ1) is 9.00. The van der Waals surface area contributed by atoms with Crippen LogP contribution in [0.1, 0.15) is 0 Å². The Bertz CT molecular complexity index is 523. The molecule has 0 radical (unpaired) electrons. The van der Waals surface area contributed by atoms with Gasteiger partial charge in [-0.05, 0) is 12.1 Å². The van der Waals surface area contributed by atoms with Crippen molar-refractivity contribution in [1.82, 2.24) is 5.32 Å². The van der Waals surface area contributed by atoms with Gasteiger partial charge in [0, 0.05) is 30.2 Å². The molecule has 1 saturated heterocycles. The van der Waals surface area contributed by atoms with Crippen molar-refractivity contribution in [2.75, 3.05) is 24.5 Å². The third-order valence-electron chi connectivity index (χ3n) is 2.97. The molecule has 1 aromatic carbocycles. The van der Waals surface area contributed by atoms with Crippen molar-refractivity contribution in [2.24, 2.45) is 0 Å². The molecule has 8 heteroatoms. The lowest BCUT2D eigenvalue weighted by Gasteiger charge is -2.34. The number of nitrogens with one attached hydrogen (secondary N) is 1. The van der Waals surface area contributed by atoms with Crippen molar-refractivity contribution in [3.8, 4) is 0 Å². The largest absolute Gasteiger partial charge is 0.480 e. The van der Waals surface area contributed by atoms with Crippen LogP contribution in [-0.2, 0) is 4.79 Å². The van der Waals surface area contributed by atoms with Crippen LogP contribution in [-0.4, -0.2) is 41.7 Å². The molecule has 0 bridgehead atoms. The minimum atomic E-state index is -0.996. The Morgan fingerprint density at radius 2 is 2.32 bits per heavy atom. The molecule has 1 heterocycles. The SMILES string of the molecule is O=C(O)C1CNCCN1c1ccc(Br)cc1[N+](=O)[O-]. The Morgan fingerprint density at radius 1 is 1.58 bits per heavy atom. The number of hydrogen-bond acceptors (Lipinski definition) is 5. The smallest absolute Gasteiger partial charge is 0.327 e. The maximum Gasteiger partial charge on any atom is 0.327 e. The topological polar surface area (TPSA) is 95.7 Å². The summed E-state index contributed by atoms with van der Waals surface area (Å²) in [7, 11) is 0. The van der Waals surface area contributed by atoms with Crippen LogP contribution in [0, 0.1) is 10.1 Å². The predicted molar refractivity (Wildman–Crippen MR) is 72.4 cm³/mol. The van der Waals surface area contributed by atoms with E-state index >= 15 is 0 Å². The van der Waals surface area contributed by atoms with Crippen LogP contribution in [0.25, 0.3) is 0 Å². The number of benzene rings is 1. The van der Waals surface area contributed by atoms with Crippen molar-refractivity contribution in [1.29, 1.82) is 0 Å². The lowest BCUT2D eigenvalue weighted by molar-refractivity contribution is -0.384. The van der Waals surface area contributed by atoms with Crippen LogP contribution in [0.4, 0.5) is 11.4 Å². The Labute approximate surface area is 117 Å². The second-order valence-corrected chi connectivity index (χ2v) is 5.06. The van der Waals surface area contributed by atoms with Gasteiger partial charge in [-0.1, -0.05) is 15.9 Å². The van der Waals surface area contributed by atoms with Crippen LogP contribution >= 0.6 is 15.9 Å². The highest BCUT2D eigenvalue weighted by molar-refractivity contribution is 9.10. The number of nitro groups is 1. The third kappa shape index (κ3) is 2.85. The van der Waals surface area contributed by atoms with E-state index in [1.54, 1.807) is 17.0 Å². The highest BCUT2D eigenvalue weighted by Gasteiger charge is 2.32. The van der Waals surface area contributed by atoms with Gasteiger partial charge in [0.05, 0.1) is 4.92 Å². The minimum Gasteiger partial charge on any atom is -0.480 e. The van der Waals surface area contributed by atoms with Crippen molar-refractivity contribution in [3.63, 3.8) is 0 Å². The third-order valence-corrected chi connectivity index (χ3v) is 3.47. The Morgan fingerprint density at radius 3 is 2.95 bits per heavy atom. The standard InChI is InChI=1S/C11H12BrN3O4/c12-7-1-2-8(9(5-7)15(18)19)14-4-3-13-6-10(14)11(16)17/h1-2,5,10,13H,3-4,6H2,(H,16,17). The monoisotopic (exact) mass is 329 g/mol. The summed E-state index contributed by atoms with van der Waals surface area (Å²) in [6.45, 7) is 1.28. The lowest BCUT2D eigenvalue weighted by atomic mass is 10.1. The van der Waals surface area contributed by atoms with Crippen molar-refractivity contribution in [3.05, 3.63) is 32.8 Å². The van der Waals surface area contributed by atoms with E-state index in [-0.39, 0.29) is 12.2 Å². The highest BCUT2D eigenvalue weighted by atomic mass is 79.9. The Kier molecular flexibility index (Phi) is 4.01. The minimum absolute atomic E-state index is 0.0949. The average Bonchev–Trinajstić information content (AvgIpc) is 2.38. The summed E-state index contributed by atoms with van der Waals surface area (Å²) in [5.74, 6) is -0.996. The number of halogens is 1. The number of rotatable bonds is 3. The molecule has 7 nitrogen and oxygen atoms in total. The second-order valence-electron chi connectivity index (χ2n) is 4.14. The molecule has 2 N–H and O–H groups in total. The van der Waals surface area contributed by atoms with E-state index in [9.17, 15) is 20.0 Å². The van der Waals surface area contributed by atoms with Crippen molar-refractivity contribution >= 4 is 33.3 Å². The normalized spacial score (nSPS) is 19.2. The second kappa shape index (κ2) is 5.54. The number of anilines is 1. The number of nitro benzene ring substituents is 1. The number of nitrogens with zero attached hydrogens (tertiary/aromatic N) is 2. The van der Waals surface area contributed by atoms with Crippen molar-refractivity contribution < 1.29 is 14.8 Å². The number of hydrogen-bond donors (Lipinski definition) is 2. The summed E-state index contributed by atoms with van der Waals surface area (Å²) in [4.78, 5) is 23.4. The van der Waals surface area contributed by atoms with Gasteiger partial charge in [0.2, 0.25) is 0 Å². The number of carbonyl (C=O) groups is 1. The van der Waals surface area contributed by atoms with E-state index in [4.69, 9.17) is 0 Å². The Hall–Kier alpha value is -1.67. The fourth-order valence-corrected chi connectivity index (χ4v) is 2.45. The molecular formula is C11H12BrN3O4. The Balaban J connectivity index is 2.44. The molecule has 1 fully saturated rings. The zero-order valence-corrected chi connectivity index (χ0v) is 11.5. The molecule has 0 spiro atoms. The molecule has 1 atom stereocenters. The molecule has 2 rings (SSSR count). The fourth-order valence-electron chi connectivity index (χ4n) is 2.10. The van der Waals surface area contributed by atoms with Crippen LogP contribution in [0.5, 0.6) is 0 Å². The summed E-state index contributed by atoms with van der Waals surface area (Å²) in [5, 5.41) is 23.3. The summed E-state index contributed by atoms with van der Waals surface area (Å²) in [6.07, 6.45) is 0. The van der Waals surface area contributed by atoms with Crippen LogP contribution in [0.3, 0.4) is 0 Å². The number of carboxylic acids is 1. The van der Waals surface area contributed by atoms with E-state index in [0.29, 0.717) is 23.2 Å². The van der Waals surface area contributed by atoms with E-state index in [1.165, 1.54) is 6.07 Å². The van der Waals surface area contributed by atoms with E-state index in [1.807, 2.05) is 0 Å². The summed E-state index contributed by atoms with van der Waals surface area (Å²) < 4.78 is 0.588. The van der Waals surface area contributed by atoms with Gasteiger partial charge in [-0.3, -0.25) is 10.1 Å². The van der Waals surface area contributed by atoms with Gasteiger partial charge in [0.15, 0.2) is 0 Å². The van der Waals surface area contributed by atoms with Gasteiger partial charge in [-0.15, -0.1) is 0 Å². The molecule has 19 heavy (non-hydrogen) atoms. The summed E-state index contributed by atoms with van der Waals surface area (Å²) in [6, 6.07) is 3.83. The zero-order chi connectivity index (χ0) is 14.0. The molecule has 0 saturated carbocycles. The molecule has 0 aromatic heterocycles. The number of piperazine rings is 1. The molecule has 1 aliphatic heterocycles. The van der Waals surface area contributed by atoms with E-state index in [0.717, 1.165) is 0 Å². The molecule has 1 unspecified atom stereocenters. The van der Waals surface area contributed by atoms with Crippen LogP contribution in [0.2, 0.25) is 0 Å². The molecular weight excluding hydrogens is 318 g/mol. The van der Waals surface area contributed by atoms with E-state index < -0.39 is 16.9 Å². The van der Waals surface area contributed by atoms with Gasteiger partial charge in [0.1, 0.15) is 11.7 Å². The van der Waals surface area contributed by atoms with Gasteiger partial charge < -0.3 is 15.3 Å². The summed E-state index contributed by atoms with van der Waals surface area (Å²) >= 11 is 3.18. The quantitative estimate of drug-likeness (QED) is 0.639. The average molecular weight is 330 g/mol. The van der Waals surface area contributed by atoms with Gasteiger partial charge >= 0.3 is 5.97 Å². The maximum absolute atomic E-state index is 11.2. The molecule has 0 aliphatic carbocycles. The number of aliphatic carboxylic acids is 1. The molecule has 102 valence electrons.